The van der Waals surface area contributed by atoms with E-state index >= 15 is 0 Å². The summed E-state index contributed by atoms with van der Waals surface area (Å²) in [6.45, 7) is 2.39. The van der Waals surface area contributed by atoms with Crippen molar-refractivity contribution < 1.29 is 9.21 Å². The number of aromatic nitrogens is 1. The number of amides is 1. The zero-order valence-corrected chi connectivity index (χ0v) is 13.2. The van der Waals surface area contributed by atoms with Gasteiger partial charge in [-0.3, -0.25) is 4.79 Å². The summed E-state index contributed by atoms with van der Waals surface area (Å²) in [6, 6.07) is 7.53. The molecule has 6 heteroatoms. The third-order valence-electron chi connectivity index (χ3n) is 4.34. The molecule has 0 bridgehead atoms. The van der Waals surface area contributed by atoms with Crippen LogP contribution in [0.1, 0.15) is 34.7 Å². The molecule has 120 valence electrons. The Kier molecular flexibility index (Phi) is 4.49. The SMILES string of the molecule is CN1CCC(N(Cc2ccco2)C(=O)c2cc(C#N)c[nH]2)CC1. The zero-order chi connectivity index (χ0) is 16.2. The maximum absolute atomic E-state index is 12.9. The quantitative estimate of drug-likeness (QED) is 0.939. The highest BCUT2D eigenvalue weighted by Gasteiger charge is 2.29. The first-order chi connectivity index (χ1) is 11.2. The summed E-state index contributed by atoms with van der Waals surface area (Å²) < 4.78 is 5.42. The Morgan fingerprint density at radius 3 is 2.91 bits per heavy atom. The highest BCUT2D eigenvalue weighted by molar-refractivity contribution is 5.93. The molecule has 2 aromatic heterocycles. The van der Waals surface area contributed by atoms with E-state index in [-0.39, 0.29) is 11.9 Å². The zero-order valence-electron chi connectivity index (χ0n) is 13.2. The predicted octanol–water partition coefficient (Wildman–Crippen LogP) is 2.22. The number of carbonyl (C=O) groups excluding carboxylic acids is 1. The summed E-state index contributed by atoms with van der Waals surface area (Å²) in [5.41, 5.74) is 0.918. The Morgan fingerprint density at radius 2 is 2.30 bits per heavy atom. The molecule has 6 nitrogen and oxygen atoms in total. The van der Waals surface area contributed by atoms with Gasteiger partial charge in [0.1, 0.15) is 17.5 Å². The van der Waals surface area contributed by atoms with Gasteiger partial charge < -0.3 is 19.2 Å². The fourth-order valence-electron chi connectivity index (χ4n) is 2.98. The number of H-pyrrole nitrogens is 1. The van der Waals surface area contributed by atoms with Crippen LogP contribution in [0.15, 0.2) is 35.1 Å². The summed E-state index contributed by atoms with van der Waals surface area (Å²) in [7, 11) is 2.10. The topological polar surface area (TPSA) is 76.3 Å². The standard InChI is InChI=1S/C17H20N4O2/c1-20-6-4-14(5-7-20)21(12-15-3-2-8-23-15)17(22)16-9-13(10-18)11-19-16/h2-3,8-9,11,14,19H,4-7,12H2,1H3. The second kappa shape index (κ2) is 6.71. The van der Waals surface area contributed by atoms with Crippen molar-refractivity contribution in [1.82, 2.24) is 14.8 Å². The van der Waals surface area contributed by atoms with Crippen LogP contribution in [0.2, 0.25) is 0 Å². The van der Waals surface area contributed by atoms with E-state index in [0.29, 0.717) is 17.8 Å². The van der Waals surface area contributed by atoms with Gasteiger partial charge in [-0.1, -0.05) is 0 Å². The van der Waals surface area contributed by atoms with Crippen LogP contribution < -0.4 is 0 Å². The van der Waals surface area contributed by atoms with Crippen molar-refractivity contribution in [3.05, 3.63) is 47.7 Å². The first kappa shape index (κ1) is 15.4. The molecule has 0 unspecified atom stereocenters. The van der Waals surface area contributed by atoms with Crippen molar-refractivity contribution in [3.8, 4) is 6.07 Å². The normalized spacial score (nSPS) is 16.2. The van der Waals surface area contributed by atoms with Crippen LogP contribution in [0.3, 0.4) is 0 Å². The number of furan rings is 1. The number of piperidine rings is 1. The lowest BCUT2D eigenvalue weighted by Gasteiger charge is -2.36. The molecule has 3 heterocycles. The van der Waals surface area contributed by atoms with E-state index in [1.54, 1.807) is 18.5 Å². The highest BCUT2D eigenvalue weighted by Crippen LogP contribution is 2.21. The second-order valence-electron chi connectivity index (χ2n) is 5.96. The minimum absolute atomic E-state index is 0.0857. The highest BCUT2D eigenvalue weighted by atomic mass is 16.3. The molecule has 1 aliphatic heterocycles. The van der Waals surface area contributed by atoms with Gasteiger partial charge in [0.05, 0.1) is 18.4 Å². The van der Waals surface area contributed by atoms with E-state index in [2.05, 4.69) is 16.9 Å². The molecule has 1 aliphatic rings. The van der Waals surface area contributed by atoms with Crippen LogP contribution in [0, 0.1) is 11.3 Å². The monoisotopic (exact) mass is 312 g/mol. The average Bonchev–Trinajstić information content (AvgIpc) is 3.24. The van der Waals surface area contributed by atoms with E-state index in [9.17, 15) is 4.79 Å². The first-order valence-electron chi connectivity index (χ1n) is 7.78. The lowest BCUT2D eigenvalue weighted by molar-refractivity contribution is 0.0545. The van der Waals surface area contributed by atoms with Gasteiger partial charge >= 0.3 is 0 Å². The lowest BCUT2D eigenvalue weighted by atomic mass is 10.0. The Hall–Kier alpha value is -2.52. The molecular formula is C17H20N4O2. The minimum Gasteiger partial charge on any atom is -0.467 e. The van der Waals surface area contributed by atoms with Crippen LogP contribution in [0.5, 0.6) is 0 Å². The number of hydrogen-bond acceptors (Lipinski definition) is 4. The largest absolute Gasteiger partial charge is 0.467 e. The number of rotatable bonds is 4. The minimum atomic E-state index is -0.0857. The fraction of sp³-hybridized carbons (Fsp3) is 0.412. The maximum Gasteiger partial charge on any atom is 0.270 e. The number of aromatic amines is 1. The Balaban J connectivity index is 1.81. The predicted molar refractivity (Wildman–Crippen MR) is 84.6 cm³/mol. The van der Waals surface area contributed by atoms with Crippen molar-refractivity contribution in [1.29, 1.82) is 5.26 Å². The van der Waals surface area contributed by atoms with Crippen molar-refractivity contribution in [3.63, 3.8) is 0 Å². The summed E-state index contributed by atoms with van der Waals surface area (Å²) in [5.74, 6) is 0.682. The number of carbonyl (C=O) groups is 1. The number of likely N-dealkylation sites (tertiary alicyclic amines) is 1. The molecule has 0 saturated carbocycles. The average molecular weight is 312 g/mol. The van der Waals surface area contributed by atoms with Crippen molar-refractivity contribution in [2.75, 3.05) is 20.1 Å². The Bertz CT molecular complexity index is 691. The third kappa shape index (κ3) is 3.46. The van der Waals surface area contributed by atoms with E-state index in [0.717, 1.165) is 31.7 Å². The fourth-order valence-corrected chi connectivity index (χ4v) is 2.98. The molecule has 0 radical (unpaired) electrons. The molecule has 0 aromatic carbocycles. The van der Waals surface area contributed by atoms with Gasteiger partial charge in [-0.2, -0.15) is 5.26 Å². The Labute approximate surface area is 135 Å². The summed E-state index contributed by atoms with van der Waals surface area (Å²) in [4.78, 5) is 20.0. The Morgan fingerprint density at radius 1 is 1.52 bits per heavy atom. The molecule has 1 N–H and O–H groups in total. The van der Waals surface area contributed by atoms with E-state index < -0.39 is 0 Å². The first-order valence-corrected chi connectivity index (χ1v) is 7.78. The van der Waals surface area contributed by atoms with Gasteiger partial charge in [-0.05, 0) is 51.2 Å². The van der Waals surface area contributed by atoms with Crippen molar-refractivity contribution >= 4 is 5.91 Å². The molecule has 0 spiro atoms. The van der Waals surface area contributed by atoms with E-state index in [1.807, 2.05) is 23.1 Å². The van der Waals surface area contributed by atoms with Gasteiger partial charge in [-0.25, -0.2) is 0 Å². The maximum atomic E-state index is 12.9. The van der Waals surface area contributed by atoms with Gasteiger partial charge in [0, 0.05) is 12.2 Å². The molecule has 2 aromatic rings. The third-order valence-corrected chi connectivity index (χ3v) is 4.34. The number of nitrogens with one attached hydrogen (secondary N) is 1. The van der Waals surface area contributed by atoms with E-state index in [4.69, 9.17) is 9.68 Å². The number of hydrogen-bond donors (Lipinski definition) is 1. The van der Waals surface area contributed by atoms with Gasteiger partial charge in [0.15, 0.2) is 0 Å². The van der Waals surface area contributed by atoms with Gasteiger partial charge in [0.25, 0.3) is 5.91 Å². The van der Waals surface area contributed by atoms with Crippen LogP contribution in [0.4, 0.5) is 0 Å². The number of nitrogens with zero attached hydrogens (tertiary/aromatic N) is 3. The lowest BCUT2D eigenvalue weighted by Crippen LogP contribution is -2.46. The molecule has 3 rings (SSSR count). The summed E-state index contributed by atoms with van der Waals surface area (Å²) in [5, 5.41) is 8.94. The van der Waals surface area contributed by atoms with E-state index in [1.165, 1.54) is 0 Å². The molecule has 0 atom stereocenters. The van der Waals surface area contributed by atoms with Gasteiger partial charge in [0.2, 0.25) is 0 Å². The number of nitriles is 1. The smallest absolute Gasteiger partial charge is 0.270 e. The summed E-state index contributed by atoms with van der Waals surface area (Å²) in [6.07, 6.45) is 5.06. The van der Waals surface area contributed by atoms with Crippen molar-refractivity contribution in [2.45, 2.75) is 25.4 Å². The van der Waals surface area contributed by atoms with Gasteiger partial charge in [-0.15, -0.1) is 0 Å². The summed E-state index contributed by atoms with van der Waals surface area (Å²) >= 11 is 0. The van der Waals surface area contributed by atoms with Crippen molar-refractivity contribution in [2.24, 2.45) is 0 Å². The van der Waals surface area contributed by atoms with Crippen LogP contribution in [0.25, 0.3) is 0 Å². The van der Waals surface area contributed by atoms with Crippen LogP contribution >= 0.6 is 0 Å². The molecule has 0 aliphatic carbocycles. The molecule has 1 amide bonds. The van der Waals surface area contributed by atoms with Crippen LogP contribution in [-0.4, -0.2) is 46.9 Å². The molecule has 1 fully saturated rings. The van der Waals surface area contributed by atoms with Crippen LogP contribution in [-0.2, 0) is 6.54 Å². The second-order valence-corrected chi connectivity index (χ2v) is 5.96. The molecular weight excluding hydrogens is 292 g/mol. The molecule has 1 saturated heterocycles. The molecule has 23 heavy (non-hydrogen) atoms.